The minimum Gasteiger partial charge on any atom is -0.488 e. The van der Waals surface area contributed by atoms with Gasteiger partial charge < -0.3 is 10.1 Å². The summed E-state index contributed by atoms with van der Waals surface area (Å²) in [4.78, 5) is 22.1. The number of nitro benzene ring substituents is 1. The minimum absolute atomic E-state index is 0.0384. The van der Waals surface area contributed by atoms with Crippen LogP contribution in [0.4, 0.5) is 11.4 Å². The molecule has 0 aliphatic carbocycles. The molecule has 3 aromatic carbocycles. The highest BCUT2D eigenvalue weighted by Gasteiger charge is 2.06. The molecule has 1 amide bonds. The van der Waals surface area contributed by atoms with Crippen LogP contribution < -0.4 is 15.5 Å². The number of carbonyl (C=O) groups excluding carboxylic acids is 1. The number of nitrogens with zero attached hydrogens (tertiary/aromatic N) is 2. The average Bonchev–Trinajstić information content (AvgIpc) is 2.78. The Labute approximate surface area is 187 Å². The van der Waals surface area contributed by atoms with Crippen molar-refractivity contribution >= 4 is 39.4 Å². The van der Waals surface area contributed by atoms with Crippen LogP contribution in [0.5, 0.6) is 5.75 Å². The summed E-state index contributed by atoms with van der Waals surface area (Å²) >= 11 is 3.45. The van der Waals surface area contributed by atoms with Crippen molar-refractivity contribution in [2.24, 2.45) is 5.10 Å². The fourth-order valence-corrected chi connectivity index (χ4v) is 3.06. The predicted molar refractivity (Wildman–Crippen MR) is 122 cm³/mol. The maximum absolute atomic E-state index is 11.9. The van der Waals surface area contributed by atoms with E-state index in [0.717, 1.165) is 21.3 Å². The van der Waals surface area contributed by atoms with Crippen LogP contribution in [0.2, 0.25) is 0 Å². The number of para-hydroxylation sites is 1. The van der Waals surface area contributed by atoms with E-state index in [1.165, 1.54) is 18.3 Å². The number of ether oxygens (including phenoxy) is 1. The maximum atomic E-state index is 11.9. The summed E-state index contributed by atoms with van der Waals surface area (Å²) in [5, 5.41) is 17.7. The van der Waals surface area contributed by atoms with E-state index in [4.69, 9.17) is 4.74 Å². The molecule has 9 heteroatoms. The first-order chi connectivity index (χ1) is 15.0. The van der Waals surface area contributed by atoms with Gasteiger partial charge in [0, 0.05) is 17.8 Å². The molecule has 0 spiro atoms. The molecule has 0 bridgehead atoms. The average molecular weight is 483 g/mol. The Bertz CT molecular complexity index is 1070. The third-order valence-electron chi connectivity index (χ3n) is 4.13. The minimum atomic E-state index is -0.441. The number of non-ortho nitro benzene ring substituents is 1. The second-order valence-electron chi connectivity index (χ2n) is 6.41. The van der Waals surface area contributed by atoms with Crippen LogP contribution in [-0.2, 0) is 11.4 Å². The van der Waals surface area contributed by atoms with E-state index < -0.39 is 4.92 Å². The van der Waals surface area contributed by atoms with E-state index >= 15 is 0 Å². The molecule has 31 heavy (non-hydrogen) atoms. The van der Waals surface area contributed by atoms with Gasteiger partial charge in [-0.3, -0.25) is 14.9 Å². The lowest BCUT2D eigenvalue weighted by molar-refractivity contribution is -0.384. The van der Waals surface area contributed by atoms with Gasteiger partial charge in [-0.05, 0) is 69.5 Å². The third kappa shape index (κ3) is 6.93. The van der Waals surface area contributed by atoms with Crippen molar-refractivity contribution in [3.05, 3.63) is 98.5 Å². The van der Waals surface area contributed by atoms with Gasteiger partial charge in [0.25, 0.3) is 11.6 Å². The summed E-state index contributed by atoms with van der Waals surface area (Å²) in [6, 6.07) is 21.0. The zero-order valence-corrected chi connectivity index (χ0v) is 17.9. The highest BCUT2D eigenvalue weighted by atomic mass is 79.9. The summed E-state index contributed by atoms with van der Waals surface area (Å²) in [6.07, 6.45) is 1.53. The van der Waals surface area contributed by atoms with Crippen LogP contribution in [-0.4, -0.2) is 23.6 Å². The molecule has 0 atom stereocenters. The van der Waals surface area contributed by atoms with Gasteiger partial charge in [0.2, 0.25) is 0 Å². The predicted octanol–water partition coefficient (Wildman–Crippen LogP) is 4.50. The monoisotopic (exact) mass is 482 g/mol. The van der Waals surface area contributed by atoms with Crippen molar-refractivity contribution in [2.75, 3.05) is 11.9 Å². The molecule has 0 heterocycles. The molecule has 0 unspecified atom stereocenters. The zero-order chi connectivity index (χ0) is 22.1. The molecule has 3 rings (SSSR count). The van der Waals surface area contributed by atoms with Crippen LogP contribution in [0, 0.1) is 10.1 Å². The van der Waals surface area contributed by atoms with Crippen LogP contribution in [0.3, 0.4) is 0 Å². The number of amides is 1. The Balaban J connectivity index is 1.48. The summed E-state index contributed by atoms with van der Waals surface area (Å²) in [6.45, 7) is 0.384. The first kappa shape index (κ1) is 22.0. The number of nitrogens with one attached hydrogen (secondary N) is 2. The van der Waals surface area contributed by atoms with Gasteiger partial charge in [-0.15, -0.1) is 0 Å². The number of benzene rings is 3. The van der Waals surface area contributed by atoms with E-state index in [1.807, 2.05) is 36.4 Å². The fourth-order valence-electron chi connectivity index (χ4n) is 2.55. The topological polar surface area (TPSA) is 106 Å². The van der Waals surface area contributed by atoms with Crippen molar-refractivity contribution < 1.29 is 14.5 Å². The number of nitro groups is 1. The molecule has 2 N–H and O–H groups in total. The quantitative estimate of drug-likeness (QED) is 0.265. The SMILES string of the molecule is O=C(CNc1ccccc1)N/N=C\c1ccc(OCc2ccc([N+](=O)[O-])cc2)c(Br)c1. The number of halogens is 1. The first-order valence-corrected chi connectivity index (χ1v) is 10.1. The molecular weight excluding hydrogens is 464 g/mol. The highest BCUT2D eigenvalue weighted by Crippen LogP contribution is 2.26. The van der Waals surface area contributed by atoms with Crippen molar-refractivity contribution in [1.29, 1.82) is 0 Å². The van der Waals surface area contributed by atoms with E-state index in [0.29, 0.717) is 5.75 Å². The third-order valence-corrected chi connectivity index (χ3v) is 4.75. The number of rotatable bonds is 9. The molecule has 0 saturated carbocycles. The van der Waals surface area contributed by atoms with Crippen LogP contribution in [0.1, 0.15) is 11.1 Å². The van der Waals surface area contributed by atoms with Crippen molar-refractivity contribution in [1.82, 2.24) is 5.43 Å². The largest absolute Gasteiger partial charge is 0.488 e. The zero-order valence-electron chi connectivity index (χ0n) is 16.3. The summed E-state index contributed by atoms with van der Waals surface area (Å²) in [7, 11) is 0. The fraction of sp³-hybridized carbons (Fsp3) is 0.0909. The number of carbonyl (C=O) groups is 1. The van der Waals surface area contributed by atoms with Gasteiger partial charge in [0.05, 0.1) is 22.2 Å². The van der Waals surface area contributed by atoms with E-state index in [2.05, 4.69) is 31.8 Å². The molecule has 0 aromatic heterocycles. The number of anilines is 1. The molecule has 0 aliphatic heterocycles. The standard InChI is InChI=1S/C22H19BrN4O4/c23-20-12-17(13-25-26-22(28)14-24-18-4-2-1-3-5-18)8-11-21(20)31-15-16-6-9-19(10-7-16)27(29)30/h1-13,24H,14-15H2,(H,26,28)/b25-13-. The second kappa shape index (κ2) is 10.9. The van der Waals surface area contributed by atoms with Gasteiger partial charge in [-0.2, -0.15) is 5.10 Å². The van der Waals surface area contributed by atoms with Crippen molar-refractivity contribution in [2.45, 2.75) is 6.61 Å². The molecule has 0 radical (unpaired) electrons. The molecule has 158 valence electrons. The van der Waals surface area contributed by atoms with Gasteiger partial charge in [0.1, 0.15) is 12.4 Å². The van der Waals surface area contributed by atoms with Crippen molar-refractivity contribution in [3.63, 3.8) is 0 Å². The first-order valence-electron chi connectivity index (χ1n) is 9.28. The van der Waals surface area contributed by atoms with Gasteiger partial charge in [0.15, 0.2) is 0 Å². The summed E-state index contributed by atoms with van der Waals surface area (Å²) < 4.78 is 6.47. The molecular formula is C22H19BrN4O4. The Morgan fingerprint density at radius 2 is 1.84 bits per heavy atom. The smallest absolute Gasteiger partial charge is 0.269 e. The van der Waals surface area contributed by atoms with Crippen LogP contribution in [0.25, 0.3) is 0 Å². The number of hydrogen-bond acceptors (Lipinski definition) is 6. The van der Waals surface area contributed by atoms with Crippen LogP contribution >= 0.6 is 15.9 Å². The lowest BCUT2D eigenvalue weighted by Gasteiger charge is -2.09. The van der Waals surface area contributed by atoms with E-state index in [9.17, 15) is 14.9 Å². The van der Waals surface area contributed by atoms with E-state index in [1.54, 1.807) is 24.3 Å². The number of hydrogen-bond donors (Lipinski definition) is 2. The molecule has 3 aromatic rings. The Hall–Kier alpha value is -3.72. The molecule has 0 fully saturated rings. The van der Waals surface area contributed by atoms with Gasteiger partial charge in [-0.25, -0.2) is 5.43 Å². The molecule has 8 nitrogen and oxygen atoms in total. The second-order valence-corrected chi connectivity index (χ2v) is 7.27. The molecule has 0 aliphatic rings. The summed E-state index contributed by atoms with van der Waals surface area (Å²) in [5.74, 6) is 0.355. The van der Waals surface area contributed by atoms with Crippen LogP contribution in [0.15, 0.2) is 82.4 Å². The maximum Gasteiger partial charge on any atom is 0.269 e. The Morgan fingerprint density at radius 1 is 1.10 bits per heavy atom. The molecule has 0 saturated heterocycles. The van der Waals surface area contributed by atoms with Gasteiger partial charge in [-0.1, -0.05) is 18.2 Å². The van der Waals surface area contributed by atoms with Crippen molar-refractivity contribution in [3.8, 4) is 5.75 Å². The Kier molecular flexibility index (Phi) is 7.72. The Morgan fingerprint density at radius 3 is 2.52 bits per heavy atom. The number of hydrazone groups is 1. The lowest BCUT2D eigenvalue weighted by Crippen LogP contribution is -2.25. The summed E-state index contributed by atoms with van der Waals surface area (Å²) in [5.41, 5.74) is 4.95. The lowest BCUT2D eigenvalue weighted by atomic mass is 10.2. The van der Waals surface area contributed by atoms with E-state index in [-0.39, 0.29) is 24.7 Å². The van der Waals surface area contributed by atoms with Gasteiger partial charge >= 0.3 is 0 Å². The highest BCUT2D eigenvalue weighted by molar-refractivity contribution is 9.10. The normalized spacial score (nSPS) is 10.6.